The zero-order valence-corrected chi connectivity index (χ0v) is 11.0. The molecular formula is C15H16N2O3. The number of benzene rings is 1. The van der Waals surface area contributed by atoms with E-state index in [4.69, 9.17) is 4.52 Å². The largest absolute Gasteiger partial charge is 0.391 e. The van der Waals surface area contributed by atoms with E-state index in [1.807, 2.05) is 30.3 Å². The van der Waals surface area contributed by atoms with Crippen molar-refractivity contribution in [3.63, 3.8) is 0 Å². The summed E-state index contributed by atoms with van der Waals surface area (Å²) in [5, 5.41) is 13.6. The number of amides is 1. The highest BCUT2D eigenvalue weighted by molar-refractivity contribution is 5.92. The van der Waals surface area contributed by atoms with E-state index in [0.717, 1.165) is 18.4 Å². The van der Waals surface area contributed by atoms with Gasteiger partial charge in [-0.25, -0.2) is 0 Å². The molecule has 0 radical (unpaired) electrons. The number of rotatable bonds is 2. The molecule has 1 aromatic heterocycles. The first-order valence-electron chi connectivity index (χ1n) is 6.73. The third-order valence-corrected chi connectivity index (χ3v) is 3.47. The molecule has 1 aromatic carbocycles. The van der Waals surface area contributed by atoms with Crippen LogP contribution in [0, 0.1) is 0 Å². The van der Waals surface area contributed by atoms with Gasteiger partial charge in [-0.3, -0.25) is 4.79 Å². The van der Waals surface area contributed by atoms with Gasteiger partial charge in [0, 0.05) is 24.7 Å². The molecule has 1 amide bonds. The summed E-state index contributed by atoms with van der Waals surface area (Å²) in [5.74, 6) is 0.0105. The number of carbonyl (C=O) groups is 1. The molecule has 20 heavy (non-hydrogen) atoms. The highest BCUT2D eigenvalue weighted by Crippen LogP contribution is 2.20. The second-order valence-electron chi connectivity index (χ2n) is 4.99. The van der Waals surface area contributed by atoms with Crippen LogP contribution in [0.4, 0.5) is 0 Å². The number of hydrogen-bond acceptors (Lipinski definition) is 4. The van der Waals surface area contributed by atoms with Gasteiger partial charge in [0.25, 0.3) is 5.91 Å². The molecule has 1 fully saturated rings. The Hall–Kier alpha value is -2.14. The van der Waals surface area contributed by atoms with Crippen LogP contribution in [0.25, 0.3) is 11.3 Å². The maximum Gasteiger partial charge on any atom is 0.292 e. The molecule has 3 rings (SSSR count). The second-order valence-corrected chi connectivity index (χ2v) is 4.99. The standard InChI is InChI=1S/C15H16N2O3/c18-12-7-4-8-17(10-12)15(19)14-9-13(16-20-14)11-5-2-1-3-6-11/h1-3,5-6,9,12,18H,4,7-8,10H2/t12-/m0/s1. The number of carbonyl (C=O) groups excluding carboxylic acids is 1. The van der Waals surface area contributed by atoms with Crippen LogP contribution in [-0.4, -0.2) is 40.3 Å². The molecular weight excluding hydrogens is 256 g/mol. The Morgan fingerprint density at radius 1 is 1.35 bits per heavy atom. The fourth-order valence-electron chi connectivity index (χ4n) is 2.42. The van der Waals surface area contributed by atoms with Gasteiger partial charge in [-0.2, -0.15) is 0 Å². The van der Waals surface area contributed by atoms with Crippen molar-refractivity contribution in [1.29, 1.82) is 0 Å². The van der Waals surface area contributed by atoms with Crippen LogP contribution < -0.4 is 0 Å². The molecule has 5 nitrogen and oxygen atoms in total. The molecule has 2 heterocycles. The SMILES string of the molecule is O=C(c1cc(-c2ccccc2)no1)N1CCC[C@H](O)C1. The zero-order valence-electron chi connectivity index (χ0n) is 11.0. The minimum atomic E-state index is -0.441. The first-order valence-corrected chi connectivity index (χ1v) is 6.73. The number of nitrogens with zero attached hydrogens (tertiary/aromatic N) is 2. The van der Waals surface area contributed by atoms with E-state index in [9.17, 15) is 9.90 Å². The minimum Gasteiger partial charge on any atom is -0.391 e. The van der Waals surface area contributed by atoms with E-state index in [0.29, 0.717) is 18.8 Å². The zero-order chi connectivity index (χ0) is 13.9. The molecule has 0 saturated carbocycles. The molecule has 0 unspecified atom stereocenters. The number of β-amino-alcohol motifs (C(OH)–C–C–N with tert-alkyl or cyclic N) is 1. The van der Waals surface area contributed by atoms with Crippen LogP contribution in [0.3, 0.4) is 0 Å². The fraction of sp³-hybridized carbons (Fsp3) is 0.333. The van der Waals surface area contributed by atoms with Crippen molar-refractivity contribution in [2.45, 2.75) is 18.9 Å². The van der Waals surface area contributed by atoms with Crippen LogP contribution in [0.15, 0.2) is 40.9 Å². The van der Waals surface area contributed by atoms with E-state index in [2.05, 4.69) is 5.16 Å². The molecule has 0 bridgehead atoms. The monoisotopic (exact) mass is 272 g/mol. The quantitative estimate of drug-likeness (QED) is 0.907. The third kappa shape index (κ3) is 2.58. The molecule has 1 atom stereocenters. The number of aliphatic hydroxyl groups excluding tert-OH is 1. The van der Waals surface area contributed by atoms with Crippen molar-refractivity contribution in [3.05, 3.63) is 42.2 Å². The Morgan fingerprint density at radius 3 is 2.90 bits per heavy atom. The first-order chi connectivity index (χ1) is 9.74. The number of aromatic nitrogens is 1. The summed E-state index contributed by atoms with van der Waals surface area (Å²) in [6.07, 6.45) is 1.12. The van der Waals surface area contributed by atoms with E-state index >= 15 is 0 Å². The molecule has 2 aromatic rings. The second kappa shape index (κ2) is 5.46. The van der Waals surface area contributed by atoms with Gasteiger partial charge < -0.3 is 14.5 Å². The Labute approximate surface area is 116 Å². The smallest absolute Gasteiger partial charge is 0.292 e. The lowest BCUT2D eigenvalue weighted by atomic mass is 10.1. The summed E-state index contributed by atoms with van der Waals surface area (Å²) in [7, 11) is 0. The van der Waals surface area contributed by atoms with Crippen molar-refractivity contribution in [2.75, 3.05) is 13.1 Å². The predicted molar refractivity (Wildman–Crippen MR) is 73.1 cm³/mol. The maximum atomic E-state index is 12.3. The van der Waals surface area contributed by atoms with E-state index in [1.165, 1.54) is 0 Å². The summed E-state index contributed by atoms with van der Waals surface area (Å²) in [4.78, 5) is 13.9. The first kappa shape index (κ1) is 12.9. The van der Waals surface area contributed by atoms with Gasteiger partial charge >= 0.3 is 0 Å². The van der Waals surface area contributed by atoms with Gasteiger partial charge in [-0.15, -0.1) is 0 Å². The molecule has 104 valence electrons. The summed E-state index contributed by atoms with van der Waals surface area (Å²) in [6.45, 7) is 1.01. The molecule has 1 N–H and O–H groups in total. The molecule has 5 heteroatoms. The summed E-state index contributed by atoms with van der Waals surface area (Å²) < 4.78 is 5.15. The fourth-order valence-corrected chi connectivity index (χ4v) is 2.42. The Morgan fingerprint density at radius 2 is 2.15 bits per heavy atom. The van der Waals surface area contributed by atoms with Crippen LogP contribution in [-0.2, 0) is 0 Å². The van der Waals surface area contributed by atoms with Crippen molar-refractivity contribution in [1.82, 2.24) is 10.1 Å². The van der Waals surface area contributed by atoms with Crippen LogP contribution >= 0.6 is 0 Å². The lowest BCUT2D eigenvalue weighted by Crippen LogP contribution is -2.42. The Balaban J connectivity index is 1.78. The number of piperidine rings is 1. The highest BCUT2D eigenvalue weighted by atomic mass is 16.5. The van der Waals surface area contributed by atoms with E-state index in [1.54, 1.807) is 11.0 Å². The lowest BCUT2D eigenvalue weighted by Gasteiger charge is -2.29. The van der Waals surface area contributed by atoms with Crippen molar-refractivity contribution < 1.29 is 14.4 Å². The average molecular weight is 272 g/mol. The topological polar surface area (TPSA) is 66.6 Å². The number of aliphatic hydroxyl groups is 1. The predicted octanol–water partition coefficient (Wildman–Crippen LogP) is 1.94. The molecule has 1 aliphatic rings. The van der Waals surface area contributed by atoms with Gasteiger partial charge in [0.05, 0.1) is 6.10 Å². The van der Waals surface area contributed by atoms with Crippen LogP contribution in [0.2, 0.25) is 0 Å². The van der Waals surface area contributed by atoms with E-state index in [-0.39, 0.29) is 11.7 Å². The van der Waals surface area contributed by atoms with Crippen molar-refractivity contribution in [3.8, 4) is 11.3 Å². The molecule has 1 aliphatic heterocycles. The van der Waals surface area contributed by atoms with Crippen molar-refractivity contribution in [2.24, 2.45) is 0 Å². The van der Waals surface area contributed by atoms with Gasteiger partial charge in [0.15, 0.2) is 0 Å². The normalized spacial score (nSPS) is 19.1. The van der Waals surface area contributed by atoms with Gasteiger partial charge in [0.1, 0.15) is 5.69 Å². The maximum absolute atomic E-state index is 12.3. The van der Waals surface area contributed by atoms with Crippen LogP contribution in [0.1, 0.15) is 23.4 Å². The molecule has 0 spiro atoms. The Kier molecular flexibility index (Phi) is 3.52. The van der Waals surface area contributed by atoms with Crippen LogP contribution in [0.5, 0.6) is 0 Å². The van der Waals surface area contributed by atoms with Gasteiger partial charge in [-0.05, 0) is 12.8 Å². The van der Waals surface area contributed by atoms with E-state index < -0.39 is 6.10 Å². The summed E-state index contributed by atoms with van der Waals surface area (Å²) in [5.41, 5.74) is 1.56. The minimum absolute atomic E-state index is 0.210. The summed E-state index contributed by atoms with van der Waals surface area (Å²) in [6, 6.07) is 11.2. The number of likely N-dealkylation sites (tertiary alicyclic amines) is 1. The number of hydrogen-bond donors (Lipinski definition) is 1. The average Bonchev–Trinajstić information content (AvgIpc) is 2.97. The molecule has 1 saturated heterocycles. The third-order valence-electron chi connectivity index (χ3n) is 3.47. The molecule has 0 aliphatic carbocycles. The summed E-state index contributed by atoms with van der Waals surface area (Å²) >= 11 is 0. The highest BCUT2D eigenvalue weighted by Gasteiger charge is 2.25. The van der Waals surface area contributed by atoms with Crippen molar-refractivity contribution >= 4 is 5.91 Å². The van der Waals surface area contributed by atoms with Gasteiger partial charge in [0.2, 0.25) is 5.76 Å². The lowest BCUT2D eigenvalue weighted by molar-refractivity contribution is 0.0441. The van der Waals surface area contributed by atoms with Gasteiger partial charge in [-0.1, -0.05) is 35.5 Å². The Bertz CT molecular complexity index is 594.